The Labute approximate surface area is 78.6 Å². The fraction of sp³-hybridized carbons (Fsp3) is 0.143. The summed E-state index contributed by atoms with van der Waals surface area (Å²) in [7, 11) is 0. The Morgan fingerprint density at radius 3 is 2.79 bits per heavy atom. The zero-order valence-corrected chi connectivity index (χ0v) is 7.26. The summed E-state index contributed by atoms with van der Waals surface area (Å²) < 4.78 is 4.58. The number of hydrogen-bond donors (Lipinski definition) is 1. The highest BCUT2D eigenvalue weighted by Crippen LogP contribution is 2.23. The van der Waals surface area contributed by atoms with Crippen LogP contribution in [0.4, 0.5) is 11.4 Å². The second-order valence-corrected chi connectivity index (χ2v) is 2.43. The highest BCUT2D eigenvalue weighted by atomic mass is 16.6. The minimum absolute atomic E-state index is 0.0550. The standard InChI is InChI=1S/C7H7N3O4/c1-4(11)14-7-2-5(8)6(3-9-7)10(12)13/h2-3H,1H3,(H2,8,9). The third-order valence-electron chi connectivity index (χ3n) is 1.33. The molecule has 0 aliphatic rings. The van der Waals surface area contributed by atoms with Gasteiger partial charge in [0.05, 0.1) is 4.92 Å². The molecule has 0 bridgehead atoms. The van der Waals surface area contributed by atoms with Gasteiger partial charge in [0.25, 0.3) is 0 Å². The van der Waals surface area contributed by atoms with Gasteiger partial charge < -0.3 is 10.5 Å². The van der Waals surface area contributed by atoms with Gasteiger partial charge >= 0.3 is 11.7 Å². The van der Waals surface area contributed by atoms with Crippen LogP contribution in [0.2, 0.25) is 0 Å². The number of nitrogen functional groups attached to an aromatic ring is 1. The number of nitrogens with zero attached hydrogens (tertiary/aromatic N) is 2. The second-order valence-electron chi connectivity index (χ2n) is 2.43. The molecule has 0 aliphatic carbocycles. The van der Waals surface area contributed by atoms with Crippen LogP contribution in [-0.2, 0) is 4.79 Å². The lowest BCUT2D eigenvalue weighted by Crippen LogP contribution is -2.04. The van der Waals surface area contributed by atoms with E-state index in [1.807, 2.05) is 0 Å². The summed E-state index contributed by atoms with van der Waals surface area (Å²) in [5.74, 6) is -0.619. The van der Waals surface area contributed by atoms with Crippen LogP contribution in [0.25, 0.3) is 0 Å². The normalized spacial score (nSPS) is 9.50. The van der Waals surface area contributed by atoms with Gasteiger partial charge in [0.15, 0.2) is 0 Å². The van der Waals surface area contributed by atoms with E-state index in [0.717, 1.165) is 12.3 Å². The Morgan fingerprint density at radius 1 is 1.71 bits per heavy atom. The van der Waals surface area contributed by atoms with Gasteiger partial charge in [-0.3, -0.25) is 14.9 Å². The number of rotatable bonds is 2. The molecule has 0 saturated carbocycles. The molecule has 7 heteroatoms. The first-order valence-corrected chi connectivity index (χ1v) is 3.59. The second kappa shape index (κ2) is 3.69. The van der Waals surface area contributed by atoms with Gasteiger partial charge in [0.1, 0.15) is 11.9 Å². The number of carbonyl (C=O) groups excluding carboxylic acids is 1. The van der Waals surface area contributed by atoms with Crippen LogP contribution in [0.5, 0.6) is 5.88 Å². The van der Waals surface area contributed by atoms with Crippen molar-refractivity contribution in [2.75, 3.05) is 5.73 Å². The number of carbonyl (C=O) groups is 1. The van der Waals surface area contributed by atoms with Gasteiger partial charge in [0.2, 0.25) is 5.88 Å². The van der Waals surface area contributed by atoms with Gasteiger partial charge in [-0.1, -0.05) is 0 Å². The Balaban J connectivity index is 3.00. The minimum atomic E-state index is -0.667. The number of nitro groups is 1. The fourth-order valence-corrected chi connectivity index (χ4v) is 0.799. The van der Waals surface area contributed by atoms with Crippen LogP contribution in [0.1, 0.15) is 6.92 Å². The molecule has 0 unspecified atom stereocenters. The molecule has 1 aromatic rings. The van der Waals surface area contributed by atoms with Crippen molar-refractivity contribution in [3.05, 3.63) is 22.4 Å². The number of anilines is 1. The SMILES string of the molecule is CC(=O)Oc1cc(N)c([N+](=O)[O-])cn1. The van der Waals surface area contributed by atoms with Crippen molar-refractivity contribution in [3.63, 3.8) is 0 Å². The highest BCUT2D eigenvalue weighted by Gasteiger charge is 2.13. The van der Waals surface area contributed by atoms with Gasteiger partial charge in [0, 0.05) is 13.0 Å². The van der Waals surface area contributed by atoms with Crippen molar-refractivity contribution < 1.29 is 14.5 Å². The molecule has 1 heterocycles. The molecular weight excluding hydrogens is 190 g/mol. The number of nitrogens with two attached hydrogens (primary N) is 1. The molecule has 0 aliphatic heterocycles. The molecule has 14 heavy (non-hydrogen) atoms. The predicted molar refractivity (Wildman–Crippen MR) is 46.6 cm³/mol. The summed E-state index contributed by atoms with van der Waals surface area (Å²) in [5, 5.41) is 10.3. The lowest BCUT2D eigenvalue weighted by molar-refractivity contribution is -0.384. The van der Waals surface area contributed by atoms with E-state index in [-0.39, 0.29) is 17.3 Å². The molecule has 0 saturated heterocycles. The largest absolute Gasteiger partial charge is 0.408 e. The zero-order valence-electron chi connectivity index (χ0n) is 7.26. The number of pyridine rings is 1. The fourth-order valence-electron chi connectivity index (χ4n) is 0.799. The van der Waals surface area contributed by atoms with Crippen molar-refractivity contribution >= 4 is 17.3 Å². The van der Waals surface area contributed by atoms with E-state index in [0.29, 0.717) is 0 Å². The Kier molecular flexibility index (Phi) is 2.61. The maximum atomic E-state index is 10.5. The highest BCUT2D eigenvalue weighted by molar-refractivity contribution is 5.69. The van der Waals surface area contributed by atoms with Crippen LogP contribution < -0.4 is 10.5 Å². The lowest BCUT2D eigenvalue weighted by Gasteiger charge is -2.00. The van der Waals surface area contributed by atoms with E-state index in [1.54, 1.807) is 0 Å². The lowest BCUT2D eigenvalue weighted by atomic mass is 10.3. The van der Waals surface area contributed by atoms with Crippen LogP contribution in [0.3, 0.4) is 0 Å². The Bertz CT molecular complexity index is 391. The topological polar surface area (TPSA) is 108 Å². The van der Waals surface area contributed by atoms with E-state index in [1.165, 1.54) is 6.92 Å². The molecular formula is C7H7N3O4. The number of hydrogen-bond acceptors (Lipinski definition) is 6. The predicted octanol–water partition coefficient (Wildman–Crippen LogP) is 0.497. The third kappa shape index (κ3) is 2.16. The van der Waals surface area contributed by atoms with Crippen LogP contribution in [0, 0.1) is 10.1 Å². The summed E-state index contributed by atoms with van der Waals surface area (Å²) in [4.78, 5) is 23.7. The van der Waals surface area contributed by atoms with Crippen molar-refractivity contribution in [1.82, 2.24) is 4.98 Å². The molecule has 0 fully saturated rings. The molecule has 0 amide bonds. The van der Waals surface area contributed by atoms with E-state index in [2.05, 4.69) is 9.72 Å². The first kappa shape index (κ1) is 9.90. The molecule has 0 radical (unpaired) electrons. The van der Waals surface area contributed by atoms with Crippen molar-refractivity contribution in [3.8, 4) is 5.88 Å². The van der Waals surface area contributed by atoms with Gasteiger partial charge in [-0.25, -0.2) is 4.98 Å². The summed E-state index contributed by atoms with van der Waals surface area (Å²) >= 11 is 0. The van der Waals surface area contributed by atoms with Crippen LogP contribution in [0.15, 0.2) is 12.3 Å². The molecule has 74 valence electrons. The molecule has 0 spiro atoms. The Morgan fingerprint density at radius 2 is 2.36 bits per heavy atom. The molecule has 2 N–H and O–H groups in total. The van der Waals surface area contributed by atoms with E-state index in [4.69, 9.17) is 5.73 Å². The summed E-state index contributed by atoms with van der Waals surface area (Å²) in [6, 6.07) is 1.12. The zero-order chi connectivity index (χ0) is 10.7. The monoisotopic (exact) mass is 197 g/mol. The number of aromatic nitrogens is 1. The van der Waals surface area contributed by atoms with Crippen LogP contribution >= 0.6 is 0 Å². The summed E-state index contributed by atoms with van der Waals surface area (Å²) in [6.45, 7) is 1.19. The molecule has 0 aromatic carbocycles. The molecule has 0 atom stereocenters. The first-order chi connectivity index (χ1) is 6.50. The first-order valence-electron chi connectivity index (χ1n) is 3.59. The maximum Gasteiger partial charge on any atom is 0.310 e. The van der Waals surface area contributed by atoms with E-state index in [9.17, 15) is 14.9 Å². The average Bonchev–Trinajstić information content (AvgIpc) is 2.01. The minimum Gasteiger partial charge on any atom is -0.408 e. The summed E-state index contributed by atoms with van der Waals surface area (Å²) in [5.41, 5.74) is 4.91. The summed E-state index contributed by atoms with van der Waals surface area (Å²) in [6.07, 6.45) is 0.938. The molecule has 1 rings (SSSR count). The molecule has 1 aromatic heterocycles. The van der Waals surface area contributed by atoms with Gasteiger partial charge in [-0.15, -0.1) is 0 Å². The van der Waals surface area contributed by atoms with Crippen molar-refractivity contribution in [1.29, 1.82) is 0 Å². The smallest absolute Gasteiger partial charge is 0.310 e. The maximum absolute atomic E-state index is 10.5. The number of esters is 1. The molecule has 7 nitrogen and oxygen atoms in total. The number of ether oxygens (including phenoxy) is 1. The van der Waals surface area contributed by atoms with Gasteiger partial charge in [-0.2, -0.15) is 0 Å². The Hall–Kier alpha value is -2.18. The quantitative estimate of drug-likeness (QED) is 0.420. The van der Waals surface area contributed by atoms with E-state index >= 15 is 0 Å². The van der Waals surface area contributed by atoms with E-state index < -0.39 is 10.9 Å². The third-order valence-corrected chi connectivity index (χ3v) is 1.33. The van der Waals surface area contributed by atoms with Crippen molar-refractivity contribution in [2.45, 2.75) is 6.92 Å². The average molecular weight is 197 g/mol. The van der Waals surface area contributed by atoms with Crippen LogP contribution in [-0.4, -0.2) is 15.9 Å². The van der Waals surface area contributed by atoms with Crippen molar-refractivity contribution in [2.24, 2.45) is 0 Å². The van der Waals surface area contributed by atoms with Gasteiger partial charge in [-0.05, 0) is 0 Å².